The lowest BCUT2D eigenvalue weighted by Gasteiger charge is -2.17. The molecule has 0 aliphatic heterocycles. The quantitative estimate of drug-likeness (QED) is 0.158. The van der Waals surface area contributed by atoms with Crippen LogP contribution in [0, 0.1) is 5.92 Å². The second-order valence-corrected chi connectivity index (χ2v) is 12.1. The molecule has 1 unspecified atom stereocenters. The Morgan fingerprint density at radius 2 is 1.03 bits per heavy atom. The van der Waals surface area contributed by atoms with E-state index in [1.807, 2.05) is 22.9 Å². The van der Waals surface area contributed by atoms with Crippen molar-refractivity contribution >= 4 is 42.8 Å². The van der Waals surface area contributed by atoms with E-state index in [-0.39, 0.29) is 11.1 Å². The number of hydrogen-bond acceptors (Lipinski definition) is 4. The van der Waals surface area contributed by atoms with E-state index in [4.69, 9.17) is 0 Å². The van der Waals surface area contributed by atoms with E-state index in [2.05, 4.69) is 13.8 Å². The Labute approximate surface area is 219 Å². The second-order valence-electron chi connectivity index (χ2n) is 10.2. The highest BCUT2D eigenvalue weighted by Crippen LogP contribution is 2.27. The van der Waals surface area contributed by atoms with Crippen LogP contribution in [-0.4, -0.2) is 4.57 Å². The van der Waals surface area contributed by atoms with Gasteiger partial charge in [-0.2, -0.15) is 0 Å². The van der Waals surface area contributed by atoms with Crippen LogP contribution < -0.4 is 11.1 Å². The van der Waals surface area contributed by atoms with Crippen LogP contribution in [0.15, 0.2) is 32.5 Å². The van der Waals surface area contributed by atoms with Gasteiger partial charge in [0.15, 0.2) is 0 Å². The van der Waals surface area contributed by atoms with Crippen LogP contribution in [0.5, 0.6) is 0 Å². The molecule has 194 valence electrons. The minimum Gasteiger partial charge on any atom is -0.273 e. The highest BCUT2D eigenvalue weighted by Gasteiger charge is 2.17. The standard InChI is InChI=1S/C30H45NO2S2/c1-3-5-7-9-11-12-14-16-18-24(17-15-13-10-8-6-4-2)23-31-29(32)27-25(19-21-34-27)26-20-22-35-28(26)30(31)33/h19-22,24H,3-18,23H2,1-2H3. The summed E-state index contributed by atoms with van der Waals surface area (Å²) in [7, 11) is 0. The molecule has 3 nitrogen and oxygen atoms in total. The topological polar surface area (TPSA) is 39.1 Å². The van der Waals surface area contributed by atoms with Crippen molar-refractivity contribution in [2.75, 3.05) is 0 Å². The lowest BCUT2D eigenvalue weighted by molar-refractivity contribution is 0.351. The third-order valence-corrected chi connectivity index (χ3v) is 9.18. The van der Waals surface area contributed by atoms with Crippen molar-refractivity contribution in [3.8, 4) is 0 Å². The first-order chi connectivity index (χ1) is 17.2. The SMILES string of the molecule is CCCCCCCCCCC(CCCCCCCC)Cn1c(=O)c2sccc2c2ccsc2c1=O. The number of fused-ring (bicyclic) bond motifs is 3. The molecular formula is C30H45NO2S2. The van der Waals surface area contributed by atoms with Crippen molar-refractivity contribution in [2.24, 2.45) is 5.92 Å². The number of thiophene rings is 2. The fourth-order valence-electron chi connectivity index (χ4n) is 5.24. The Balaban J connectivity index is 1.69. The van der Waals surface area contributed by atoms with Gasteiger partial charge in [-0.05, 0) is 41.7 Å². The molecule has 0 saturated heterocycles. The Morgan fingerprint density at radius 3 is 1.46 bits per heavy atom. The second kappa shape index (κ2) is 15.6. The lowest BCUT2D eigenvalue weighted by Crippen LogP contribution is -2.32. The highest BCUT2D eigenvalue weighted by molar-refractivity contribution is 7.18. The number of unbranched alkanes of at least 4 members (excludes halogenated alkanes) is 12. The van der Waals surface area contributed by atoms with E-state index in [0.717, 1.165) is 33.0 Å². The van der Waals surface area contributed by atoms with Gasteiger partial charge >= 0.3 is 0 Å². The van der Waals surface area contributed by atoms with Gasteiger partial charge in [-0.25, -0.2) is 0 Å². The fourth-order valence-corrected chi connectivity index (χ4v) is 6.95. The van der Waals surface area contributed by atoms with E-state index in [0.29, 0.717) is 12.5 Å². The van der Waals surface area contributed by atoms with Gasteiger partial charge in [-0.1, -0.05) is 104 Å². The molecule has 0 saturated carbocycles. The maximum Gasteiger partial charge on any atom is 0.271 e. The zero-order valence-corrected chi connectivity index (χ0v) is 23.6. The molecule has 0 fully saturated rings. The molecular weight excluding hydrogens is 470 g/mol. The van der Waals surface area contributed by atoms with Crippen LogP contribution in [0.1, 0.15) is 117 Å². The molecule has 5 heteroatoms. The van der Waals surface area contributed by atoms with Crippen LogP contribution in [0.3, 0.4) is 0 Å². The van der Waals surface area contributed by atoms with Gasteiger partial charge in [0.05, 0.1) is 0 Å². The number of hydrogen-bond donors (Lipinski definition) is 0. The normalized spacial score (nSPS) is 12.6. The number of rotatable bonds is 18. The summed E-state index contributed by atoms with van der Waals surface area (Å²) in [4.78, 5) is 27.0. The van der Waals surface area contributed by atoms with E-state index in [1.54, 1.807) is 4.57 Å². The molecule has 3 aromatic rings. The van der Waals surface area contributed by atoms with Gasteiger partial charge in [-0.15, -0.1) is 22.7 Å². The molecule has 35 heavy (non-hydrogen) atoms. The molecule has 0 radical (unpaired) electrons. The summed E-state index contributed by atoms with van der Waals surface area (Å²) in [6, 6.07) is 3.99. The molecule has 3 heterocycles. The van der Waals surface area contributed by atoms with Crippen LogP contribution >= 0.6 is 22.7 Å². The summed E-state index contributed by atoms with van der Waals surface area (Å²) in [5.74, 6) is 0.402. The smallest absolute Gasteiger partial charge is 0.271 e. The van der Waals surface area contributed by atoms with Crippen molar-refractivity contribution in [2.45, 2.75) is 123 Å². The minimum absolute atomic E-state index is 0.0905. The predicted molar refractivity (Wildman–Crippen MR) is 156 cm³/mol. The molecule has 0 bridgehead atoms. The summed E-state index contributed by atoms with van der Waals surface area (Å²) in [6.07, 6.45) is 20.4. The van der Waals surface area contributed by atoms with Gasteiger partial charge < -0.3 is 0 Å². The average molecular weight is 516 g/mol. The van der Waals surface area contributed by atoms with Gasteiger partial charge in [0.2, 0.25) is 0 Å². The third-order valence-electron chi connectivity index (χ3n) is 7.37. The summed E-state index contributed by atoms with van der Waals surface area (Å²) in [5.41, 5.74) is -0.181. The maximum atomic E-state index is 13.5. The van der Waals surface area contributed by atoms with Gasteiger partial charge in [-0.3, -0.25) is 14.2 Å². The number of nitrogens with zero attached hydrogens (tertiary/aromatic N) is 1. The molecule has 0 N–H and O–H groups in total. The highest BCUT2D eigenvalue weighted by atomic mass is 32.1. The molecule has 0 amide bonds. The van der Waals surface area contributed by atoms with Crippen LogP contribution in [0.25, 0.3) is 20.2 Å². The first kappa shape index (κ1) is 28.1. The molecule has 3 aromatic heterocycles. The Hall–Kier alpha value is -1.46. The molecule has 0 aliphatic carbocycles. The van der Waals surface area contributed by atoms with Crippen molar-refractivity contribution in [3.05, 3.63) is 43.6 Å². The van der Waals surface area contributed by atoms with Crippen molar-refractivity contribution in [1.29, 1.82) is 0 Å². The molecule has 1 atom stereocenters. The maximum absolute atomic E-state index is 13.5. The van der Waals surface area contributed by atoms with E-state index >= 15 is 0 Å². The monoisotopic (exact) mass is 515 g/mol. The predicted octanol–water partition coefficient (Wildman–Crippen LogP) is 9.54. The first-order valence-corrected chi connectivity index (χ1v) is 15.9. The van der Waals surface area contributed by atoms with Crippen molar-refractivity contribution in [1.82, 2.24) is 4.57 Å². The van der Waals surface area contributed by atoms with Crippen molar-refractivity contribution in [3.63, 3.8) is 0 Å². The molecule has 0 aromatic carbocycles. The Bertz CT molecular complexity index is 1060. The van der Waals surface area contributed by atoms with E-state index in [9.17, 15) is 9.59 Å². The summed E-state index contributed by atoms with van der Waals surface area (Å²) in [5, 5.41) is 5.82. The minimum atomic E-state index is -0.0905. The van der Waals surface area contributed by atoms with Gasteiger partial charge in [0.1, 0.15) is 9.40 Å². The molecule has 0 spiro atoms. The van der Waals surface area contributed by atoms with E-state index in [1.165, 1.54) is 113 Å². The largest absolute Gasteiger partial charge is 0.273 e. The molecule has 0 aliphatic rings. The lowest BCUT2D eigenvalue weighted by atomic mass is 9.94. The van der Waals surface area contributed by atoms with Gasteiger partial charge in [0, 0.05) is 17.3 Å². The Morgan fingerprint density at radius 1 is 0.629 bits per heavy atom. The van der Waals surface area contributed by atoms with E-state index < -0.39 is 0 Å². The zero-order valence-electron chi connectivity index (χ0n) is 22.0. The third kappa shape index (κ3) is 8.28. The fraction of sp³-hybridized carbons (Fsp3) is 0.667. The summed E-state index contributed by atoms with van der Waals surface area (Å²) < 4.78 is 3.03. The van der Waals surface area contributed by atoms with Crippen LogP contribution in [-0.2, 0) is 6.54 Å². The molecule has 3 rings (SSSR count). The Kier molecular flexibility index (Phi) is 12.5. The van der Waals surface area contributed by atoms with Crippen LogP contribution in [0.2, 0.25) is 0 Å². The first-order valence-electron chi connectivity index (χ1n) is 14.2. The van der Waals surface area contributed by atoms with Crippen molar-refractivity contribution < 1.29 is 0 Å². The summed E-state index contributed by atoms with van der Waals surface area (Å²) in [6.45, 7) is 5.09. The average Bonchev–Trinajstić information content (AvgIpc) is 3.53. The zero-order chi connectivity index (χ0) is 24.9. The number of aromatic nitrogens is 1. The van der Waals surface area contributed by atoms with Crippen LogP contribution in [0.4, 0.5) is 0 Å². The van der Waals surface area contributed by atoms with Gasteiger partial charge in [0.25, 0.3) is 11.1 Å². The summed E-state index contributed by atoms with van der Waals surface area (Å²) >= 11 is 2.94.